The van der Waals surface area contributed by atoms with E-state index in [-0.39, 0.29) is 11.7 Å². The molecular formula is C23H29N3O4. The maximum Gasteiger partial charge on any atom is 0.241 e. The summed E-state index contributed by atoms with van der Waals surface area (Å²) in [5, 5.41) is 3.10. The summed E-state index contributed by atoms with van der Waals surface area (Å²) in [5.74, 6) is 0.935. The monoisotopic (exact) mass is 411 g/mol. The molecule has 3 rings (SSSR count). The fraction of sp³-hybridized carbons (Fsp3) is 0.348. The number of amides is 1. The first-order valence-corrected chi connectivity index (χ1v) is 9.83. The van der Waals surface area contributed by atoms with Gasteiger partial charge in [0.2, 0.25) is 5.91 Å². The fourth-order valence-electron chi connectivity index (χ4n) is 2.85. The number of rotatable bonds is 6. The second kappa shape index (κ2) is 11.7. The van der Waals surface area contributed by atoms with E-state index in [9.17, 15) is 14.4 Å². The lowest BCUT2D eigenvalue weighted by Gasteiger charge is -2.32. The number of Topliss-reactive ketones (excluding diaryl/α,β-unsaturated/α-hetero) is 1. The number of carbonyl (C=O) groups is 3. The van der Waals surface area contributed by atoms with E-state index in [4.69, 9.17) is 4.74 Å². The summed E-state index contributed by atoms with van der Waals surface area (Å²) in [6, 6.07) is 14.1. The summed E-state index contributed by atoms with van der Waals surface area (Å²) < 4.78 is 4.90. The molecule has 1 heterocycles. The number of likely N-dealkylation sites (N-methyl/N-ethyl adjacent to an activating group) is 1. The number of piperazine rings is 1. The molecule has 1 aliphatic rings. The Kier molecular flexibility index (Phi) is 9.03. The van der Waals surface area contributed by atoms with Crippen molar-refractivity contribution in [3.63, 3.8) is 0 Å². The zero-order valence-corrected chi connectivity index (χ0v) is 17.8. The summed E-state index contributed by atoms with van der Waals surface area (Å²) in [6.45, 7) is 5.28. The molecule has 0 radical (unpaired) electrons. The number of anilines is 1. The predicted molar refractivity (Wildman–Crippen MR) is 117 cm³/mol. The van der Waals surface area contributed by atoms with E-state index < -0.39 is 0 Å². The van der Waals surface area contributed by atoms with Crippen molar-refractivity contribution in [3.05, 3.63) is 59.7 Å². The number of ether oxygens (including phenoxy) is 1. The van der Waals surface area contributed by atoms with E-state index in [1.54, 1.807) is 50.4 Å². The zero-order valence-electron chi connectivity index (χ0n) is 17.8. The lowest BCUT2D eigenvalue weighted by atomic mass is 10.1. The third kappa shape index (κ3) is 7.33. The lowest BCUT2D eigenvalue weighted by molar-refractivity contribution is -0.130. The lowest BCUT2D eigenvalue weighted by Crippen LogP contribution is -2.48. The molecule has 0 unspecified atom stereocenters. The normalized spacial score (nSPS) is 13.6. The Labute approximate surface area is 177 Å². The molecule has 1 saturated heterocycles. The molecule has 1 aliphatic heterocycles. The molecular weight excluding hydrogens is 382 g/mol. The van der Waals surface area contributed by atoms with E-state index in [1.165, 1.54) is 0 Å². The summed E-state index contributed by atoms with van der Waals surface area (Å²) in [7, 11) is 3.66. The fourth-order valence-corrected chi connectivity index (χ4v) is 2.85. The van der Waals surface area contributed by atoms with Gasteiger partial charge in [-0.25, -0.2) is 0 Å². The van der Waals surface area contributed by atoms with Gasteiger partial charge in [0.1, 0.15) is 12.0 Å². The Hall–Kier alpha value is -3.19. The Morgan fingerprint density at radius 2 is 1.60 bits per heavy atom. The summed E-state index contributed by atoms with van der Waals surface area (Å²) in [5.41, 5.74) is 2.21. The van der Waals surface area contributed by atoms with Crippen molar-refractivity contribution in [3.8, 4) is 5.75 Å². The van der Waals surface area contributed by atoms with Crippen LogP contribution >= 0.6 is 0 Å². The molecule has 1 N–H and O–H groups in total. The van der Waals surface area contributed by atoms with Crippen molar-refractivity contribution in [1.82, 2.24) is 9.80 Å². The number of hydrogen-bond acceptors (Lipinski definition) is 6. The maximum atomic E-state index is 12.0. The van der Waals surface area contributed by atoms with Gasteiger partial charge in [0.25, 0.3) is 0 Å². The summed E-state index contributed by atoms with van der Waals surface area (Å²) in [6.07, 6.45) is 0.805. The molecule has 2 aromatic carbocycles. The molecule has 7 nitrogen and oxygen atoms in total. The molecule has 1 amide bonds. The predicted octanol–water partition coefficient (Wildman–Crippen LogP) is 2.58. The molecule has 0 bridgehead atoms. The van der Waals surface area contributed by atoms with Gasteiger partial charge >= 0.3 is 0 Å². The highest BCUT2D eigenvalue weighted by molar-refractivity contribution is 5.94. The quantitative estimate of drug-likeness (QED) is 0.581. The van der Waals surface area contributed by atoms with E-state index in [2.05, 4.69) is 17.3 Å². The Bertz CT molecular complexity index is 827. The van der Waals surface area contributed by atoms with Crippen LogP contribution < -0.4 is 10.1 Å². The van der Waals surface area contributed by atoms with Gasteiger partial charge in [-0.3, -0.25) is 14.4 Å². The highest BCUT2D eigenvalue weighted by Crippen LogP contribution is 2.10. The van der Waals surface area contributed by atoms with Gasteiger partial charge in [0.05, 0.1) is 13.7 Å². The van der Waals surface area contributed by atoms with E-state index in [0.717, 1.165) is 43.9 Å². The molecule has 0 aromatic heterocycles. The molecule has 30 heavy (non-hydrogen) atoms. The van der Waals surface area contributed by atoms with Crippen LogP contribution in [0.3, 0.4) is 0 Å². The Balaban J connectivity index is 0.000000269. The molecule has 0 saturated carbocycles. The number of aldehydes is 1. The largest absolute Gasteiger partial charge is 0.497 e. The van der Waals surface area contributed by atoms with Crippen LogP contribution in [0.2, 0.25) is 0 Å². The zero-order chi connectivity index (χ0) is 21.9. The van der Waals surface area contributed by atoms with Crippen LogP contribution in [0.15, 0.2) is 48.5 Å². The van der Waals surface area contributed by atoms with Crippen molar-refractivity contribution >= 4 is 23.7 Å². The minimum absolute atomic E-state index is 0.0464. The van der Waals surface area contributed by atoms with Crippen molar-refractivity contribution in [2.24, 2.45) is 0 Å². The minimum Gasteiger partial charge on any atom is -0.497 e. The SMILES string of the molecule is CC(=O)c1ccc(NCC(=O)N2CCN(C)CC2)cc1.COc1ccc(C=O)cc1. The number of nitrogens with one attached hydrogen (secondary N) is 1. The van der Waals surface area contributed by atoms with Crippen molar-refractivity contribution in [2.45, 2.75) is 6.92 Å². The summed E-state index contributed by atoms with van der Waals surface area (Å²) >= 11 is 0. The average molecular weight is 412 g/mol. The van der Waals surface area contributed by atoms with Crippen molar-refractivity contribution in [2.75, 3.05) is 52.2 Å². The van der Waals surface area contributed by atoms with Crippen LogP contribution in [0.25, 0.3) is 0 Å². The van der Waals surface area contributed by atoms with Gasteiger partial charge in [0.15, 0.2) is 5.78 Å². The number of hydrogen-bond donors (Lipinski definition) is 1. The number of carbonyl (C=O) groups excluding carboxylic acids is 3. The highest BCUT2D eigenvalue weighted by atomic mass is 16.5. The summed E-state index contributed by atoms with van der Waals surface area (Å²) in [4.78, 5) is 37.5. The first-order valence-electron chi connectivity index (χ1n) is 9.83. The van der Waals surface area contributed by atoms with E-state index in [0.29, 0.717) is 17.7 Å². The van der Waals surface area contributed by atoms with Crippen LogP contribution in [0.5, 0.6) is 5.75 Å². The third-order valence-corrected chi connectivity index (χ3v) is 4.84. The molecule has 160 valence electrons. The number of benzene rings is 2. The molecule has 2 aromatic rings. The number of ketones is 1. The minimum atomic E-state index is 0.0464. The molecule has 7 heteroatoms. The Morgan fingerprint density at radius 1 is 1.00 bits per heavy atom. The standard InChI is InChI=1S/C15H21N3O2.C8H8O2/c1-12(19)13-3-5-14(6-4-13)16-11-15(20)18-9-7-17(2)8-10-18;1-10-8-4-2-7(6-9)3-5-8/h3-6,16H,7-11H2,1-2H3;2-6H,1H3. The smallest absolute Gasteiger partial charge is 0.241 e. The number of nitrogens with zero attached hydrogens (tertiary/aromatic N) is 2. The van der Waals surface area contributed by atoms with Gasteiger partial charge in [-0.1, -0.05) is 0 Å². The van der Waals surface area contributed by atoms with Gasteiger partial charge in [-0.2, -0.15) is 0 Å². The van der Waals surface area contributed by atoms with Crippen LogP contribution in [0.1, 0.15) is 27.6 Å². The van der Waals surface area contributed by atoms with E-state index in [1.807, 2.05) is 17.0 Å². The highest BCUT2D eigenvalue weighted by Gasteiger charge is 2.18. The molecule has 0 aliphatic carbocycles. The molecule has 1 fully saturated rings. The van der Waals surface area contributed by atoms with Crippen LogP contribution in [0.4, 0.5) is 5.69 Å². The topological polar surface area (TPSA) is 79.0 Å². The first-order chi connectivity index (χ1) is 14.4. The van der Waals surface area contributed by atoms with Gasteiger partial charge in [-0.05, 0) is 62.5 Å². The molecule has 0 spiro atoms. The van der Waals surface area contributed by atoms with Gasteiger partial charge in [0, 0.05) is 43.0 Å². The second-order valence-corrected chi connectivity index (χ2v) is 7.06. The van der Waals surface area contributed by atoms with Crippen LogP contribution in [-0.2, 0) is 4.79 Å². The van der Waals surface area contributed by atoms with Crippen LogP contribution in [-0.4, -0.2) is 74.7 Å². The number of methoxy groups -OCH3 is 1. The third-order valence-electron chi connectivity index (χ3n) is 4.84. The van der Waals surface area contributed by atoms with E-state index >= 15 is 0 Å². The molecule has 0 atom stereocenters. The maximum absolute atomic E-state index is 12.0. The van der Waals surface area contributed by atoms with Crippen molar-refractivity contribution in [1.29, 1.82) is 0 Å². The van der Waals surface area contributed by atoms with Crippen LogP contribution in [0, 0.1) is 0 Å². The Morgan fingerprint density at radius 3 is 2.10 bits per heavy atom. The second-order valence-electron chi connectivity index (χ2n) is 7.06. The van der Waals surface area contributed by atoms with Gasteiger partial charge < -0.3 is 19.9 Å². The first kappa shape index (κ1) is 23.1. The van der Waals surface area contributed by atoms with Crippen molar-refractivity contribution < 1.29 is 19.1 Å². The average Bonchev–Trinajstić information content (AvgIpc) is 2.78. The van der Waals surface area contributed by atoms with Gasteiger partial charge in [-0.15, -0.1) is 0 Å².